The van der Waals surface area contributed by atoms with E-state index < -0.39 is 0 Å². The lowest BCUT2D eigenvalue weighted by Crippen LogP contribution is -2.10. The standard InChI is InChI=1S/C17H19N/c1-12-15-10-6-7-11-16(15)13(2)18-17(12)14-8-4-3-5-9-14/h3-5,8-9H,6-7,10-11H2,1-2H3. The monoisotopic (exact) mass is 237 g/mol. The fourth-order valence-electron chi connectivity index (χ4n) is 3.06. The molecule has 1 aromatic heterocycles. The summed E-state index contributed by atoms with van der Waals surface area (Å²) in [5.74, 6) is 0. The molecule has 3 rings (SSSR count). The van der Waals surface area contributed by atoms with Gasteiger partial charge in [-0.1, -0.05) is 30.3 Å². The minimum atomic E-state index is 1.17. The van der Waals surface area contributed by atoms with Crippen molar-refractivity contribution in [2.45, 2.75) is 39.5 Å². The van der Waals surface area contributed by atoms with E-state index in [0.29, 0.717) is 0 Å². The van der Waals surface area contributed by atoms with E-state index in [2.05, 4.69) is 44.2 Å². The van der Waals surface area contributed by atoms with Gasteiger partial charge in [-0.3, -0.25) is 4.98 Å². The first-order chi connectivity index (χ1) is 8.77. The van der Waals surface area contributed by atoms with Crippen molar-refractivity contribution < 1.29 is 0 Å². The third kappa shape index (κ3) is 1.84. The molecule has 0 bridgehead atoms. The quantitative estimate of drug-likeness (QED) is 0.722. The minimum absolute atomic E-state index is 1.17. The van der Waals surface area contributed by atoms with E-state index in [1.165, 1.54) is 53.8 Å². The molecule has 0 radical (unpaired) electrons. The molecule has 0 N–H and O–H groups in total. The van der Waals surface area contributed by atoms with Crippen molar-refractivity contribution in [3.05, 3.63) is 52.7 Å². The summed E-state index contributed by atoms with van der Waals surface area (Å²) >= 11 is 0. The Bertz CT molecular complexity index is 570. The molecule has 92 valence electrons. The highest BCUT2D eigenvalue weighted by Crippen LogP contribution is 2.32. The lowest BCUT2D eigenvalue weighted by Gasteiger charge is -2.22. The van der Waals surface area contributed by atoms with Gasteiger partial charge in [0, 0.05) is 11.3 Å². The van der Waals surface area contributed by atoms with Crippen LogP contribution in [0.5, 0.6) is 0 Å². The van der Waals surface area contributed by atoms with E-state index >= 15 is 0 Å². The van der Waals surface area contributed by atoms with Crippen molar-refractivity contribution in [2.75, 3.05) is 0 Å². The Kier molecular flexibility index (Phi) is 2.91. The van der Waals surface area contributed by atoms with Crippen LogP contribution in [0.3, 0.4) is 0 Å². The van der Waals surface area contributed by atoms with Gasteiger partial charge in [0.25, 0.3) is 0 Å². The van der Waals surface area contributed by atoms with E-state index in [0.717, 1.165) is 0 Å². The number of aromatic nitrogens is 1. The summed E-state index contributed by atoms with van der Waals surface area (Å²) in [6.45, 7) is 4.40. The molecule has 0 unspecified atom stereocenters. The zero-order valence-electron chi connectivity index (χ0n) is 11.2. The predicted molar refractivity (Wildman–Crippen MR) is 75.8 cm³/mol. The Balaban J connectivity index is 2.20. The van der Waals surface area contributed by atoms with Crippen LogP contribution in [0, 0.1) is 13.8 Å². The normalized spacial score (nSPS) is 14.3. The molecule has 2 aromatic rings. The smallest absolute Gasteiger partial charge is 0.0737 e. The Morgan fingerprint density at radius 3 is 2.28 bits per heavy atom. The number of aryl methyl sites for hydroxylation is 1. The highest BCUT2D eigenvalue weighted by atomic mass is 14.7. The summed E-state index contributed by atoms with van der Waals surface area (Å²) in [6.07, 6.45) is 5.08. The highest BCUT2D eigenvalue weighted by molar-refractivity contribution is 5.65. The third-order valence-electron chi connectivity index (χ3n) is 4.04. The summed E-state index contributed by atoms with van der Waals surface area (Å²) in [4.78, 5) is 4.86. The molecule has 0 amide bonds. The van der Waals surface area contributed by atoms with E-state index in [1.54, 1.807) is 5.56 Å². The van der Waals surface area contributed by atoms with Gasteiger partial charge in [-0.2, -0.15) is 0 Å². The van der Waals surface area contributed by atoms with Gasteiger partial charge in [-0.05, 0) is 56.2 Å². The van der Waals surface area contributed by atoms with Crippen molar-refractivity contribution in [1.82, 2.24) is 4.98 Å². The maximum atomic E-state index is 4.86. The zero-order chi connectivity index (χ0) is 12.5. The molecule has 18 heavy (non-hydrogen) atoms. The van der Waals surface area contributed by atoms with Crippen molar-refractivity contribution in [3.63, 3.8) is 0 Å². The zero-order valence-corrected chi connectivity index (χ0v) is 11.2. The van der Waals surface area contributed by atoms with Crippen molar-refractivity contribution in [2.24, 2.45) is 0 Å². The molecule has 0 aliphatic heterocycles. The third-order valence-corrected chi connectivity index (χ3v) is 4.04. The minimum Gasteiger partial charge on any atom is -0.253 e. The lowest BCUT2D eigenvalue weighted by molar-refractivity contribution is 0.673. The van der Waals surface area contributed by atoms with Gasteiger partial charge in [0.1, 0.15) is 0 Å². The SMILES string of the molecule is Cc1nc(-c2ccccc2)c(C)c2c1CCCC2. The lowest BCUT2D eigenvalue weighted by atomic mass is 9.86. The molecular weight excluding hydrogens is 218 g/mol. The van der Waals surface area contributed by atoms with Crippen LogP contribution in [0.2, 0.25) is 0 Å². The summed E-state index contributed by atoms with van der Waals surface area (Å²) in [5.41, 5.74) is 8.11. The molecule has 0 atom stereocenters. The topological polar surface area (TPSA) is 12.9 Å². The Morgan fingerprint density at radius 1 is 0.889 bits per heavy atom. The molecule has 1 nitrogen and oxygen atoms in total. The Labute approximate surface area is 109 Å². The molecule has 0 saturated carbocycles. The van der Waals surface area contributed by atoms with Gasteiger partial charge < -0.3 is 0 Å². The summed E-state index contributed by atoms with van der Waals surface area (Å²) in [6, 6.07) is 10.6. The largest absolute Gasteiger partial charge is 0.253 e. The second-order valence-corrected chi connectivity index (χ2v) is 5.20. The molecule has 1 heteroatoms. The molecular formula is C17H19N. The van der Waals surface area contributed by atoms with Gasteiger partial charge >= 0.3 is 0 Å². The van der Waals surface area contributed by atoms with Crippen LogP contribution < -0.4 is 0 Å². The second-order valence-electron chi connectivity index (χ2n) is 5.20. The molecule has 1 heterocycles. The van der Waals surface area contributed by atoms with Crippen LogP contribution in [0.25, 0.3) is 11.3 Å². The van der Waals surface area contributed by atoms with Gasteiger partial charge in [0.15, 0.2) is 0 Å². The maximum absolute atomic E-state index is 4.86. The molecule has 1 aliphatic rings. The molecule has 1 aromatic carbocycles. The number of benzene rings is 1. The van der Waals surface area contributed by atoms with Gasteiger partial charge in [0.2, 0.25) is 0 Å². The number of fused-ring (bicyclic) bond motifs is 1. The first kappa shape index (κ1) is 11.5. The van der Waals surface area contributed by atoms with Crippen LogP contribution in [-0.2, 0) is 12.8 Å². The number of hydrogen-bond acceptors (Lipinski definition) is 1. The summed E-state index contributed by atoms with van der Waals surface area (Å²) in [7, 11) is 0. The van der Waals surface area contributed by atoms with Crippen LogP contribution in [0.1, 0.15) is 35.2 Å². The van der Waals surface area contributed by atoms with Crippen LogP contribution in [0.15, 0.2) is 30.3 Å². The van der Waals surface area contributed by atoms with E-state index in [9.17, 15) is 0 Å². The number of hydrogen-bond donors (Lipinski definition) is 0. The maximum Gasteiger partial charge on any atom is 0.0737 e. The fourth-order valence-corrected chi connectivity index (χ4v) is 3.06. The number of rotatable bonds is 1. The molecule has 0 saturated heterocycles. The predicted octanol–water partition coefficient (Wildman–Crippen LogP) is 4.24. The van der Waals surface area contributed by atoms with Crippen LogP contribution in [-0.4, -0.2) is 4.98 Å². The summed E-state index contributed by atoms with van der Waals surface area (Å²) < 4.78 is 0. The van der Waals surface area contributed by atoms with Crippen molar-refractivity contribution in [1.29, 1.82) is 0 Å². The number of nitrogens with zero attached hydrogens (tertiary/aromatic N) is 1. The van der Waals surface area contributed by atoms with Crippen LogP contribution in [0.4, 0.5) is 0 Å². The Hall–Kier alpha value is -1.63. The first-order valence-corrected chi connectivity index (χ1v) is 6.82. The van der Waals surface area contributed by atoms with Crippen molar-refractivity contribution >= 4 is 0 Å². The Morgan fingerprint density at radius 2 is 1.56 bits per heavy atom. The average Bonchev–Trinajstić information content (AvgIpc) is 2.44. The first-order valence-electron chi connectivity index (χ1n) is 6.82. The van der Waals surface area contributed by atoms with E-state index in [1.807, 2.05) is 0 Å². The van der Waals surface area contributed by atoms with Gasteiger partial charge in [-0.25, -0.2) is 0 Å². The van der Waals surface area contributed by atoms with Crippen molar-refractivity contribution in [3.8, 4) is 11.3 Å². The van der Waals surface area contributed by atoms with Crippen LogP contribution >= 0.6 is 0 Å². The van der Waals surface area contributed by atoms with Gasteiger partial charge in [-0.15, -0.1) is 0 Å². The van der Waals surface area contributed by atoms with E-state index in [-0.39, 0.29) is 0 Å². The molecule has 0 spiro atoms. The summed E-state index contributed by atoms with van der Waals surface area (Å²) in [5, 5.41) is 0. The molecule has 0 fully saturated rings. The van der Waals surface area contributed by atoms with E-state index in [4.69, 9.17) is 4.98 Å². The second kappa shape index (κ2) is 4.56. The fraction of sp³-hybridized carbons (Fsp3) is 0.353. The highest BCUT2D eigenvalue weighted by Gasteiger charge is 2.18. The molecule has 1 aliphatic carbocycles. The van der Waals surface area contributed by atoms with Gasteiger partial charge in [0.05, 0.1) is 5.69 Å². The average molecular weight is 237 g/mol. The number of pyridine rings is 1.